The maximum Gasteiger partial charge on any atom is 0.332 e. The van der Waals surface area contributed by atoms with Gasteiger partial charge in [0.25, 0.3) is 0 Å². The van der Waals surface area contributed by atoms with E-state index >= 15 is 8.78 Å². The highest BCUT2D eigenvalue weighted by Crippen LogP contribution is 2.37. The molecule has 2 saturated heterocycles. The number of aryl methyl sites for hydroxylation is 1. The molecule has 0 bridgehead atoms. The Labute approximate surface area is 201 Å². The fourth-order valence-corrected chi connectivity index (χ4v) is 4.71. The van der Waals surface area contributed by atoms with E-state index in [1.165, 1.54) is 4.90 Å². The summed E-state index contributed by atoms with van der Waals surface area (Å²) in [4.78, 5) is 30.7. The number of carbonyl (C=O) groups excluding carboxylic acids is 2. The Morgan fingerprint density at radius 3 is 2.34 bits per heavy atom. The van der Waals surface area contributed by atoms with E-state index in [9.17, 15) is 9.59 Å². The molecule has 5 rings (SSSR count). The monoisotopic (exact) mass is 475 g/mol. The van der Waals surface area contributed by atoms with Gasteiger partial charge in [-0.2, -0.15) is 5.10 Å². The number of hydrogen-bond acceptors (Lipinski definition) is 4. The van der Waals surface area contributed by atoms with E-state index < -0.39 is 34.8 Å². The number of piperazine rings is 1. The van der Waals surface area contributed by atoms with Gasteiger partial charge in [-0.25, -0.2) is 18.5 Å². The van der Waals surface area contributed by atoms with E-state index in [1.807, 2.05) is 38.4 Å². The van der Waals surface area contributed by atoms with Crippen molar-refractivity contribution in [3.8, 4) is 11.8 Å². The highest BCUT2D eigenvalue weighted by Gasteiger charge is 2.51. The van der Waals surface area contributed by atoms with E-state index in [0.717, 1.165) is 17.8 Å². The highest BCUT2D eigenvalue weighted by molar-refractivity contribution is 6.16. The number of rotatable bonds is 2. The SMILES string of the molecule is Cn1cc(N2CCN3C(=O)N(c4c(F)cc(C#Cc5ccccc5)cc4F)C(=O)C[C@@]3(C)C2)cn1. The molecule has 0 unspecified atom stereocenters. The zero-order chi connectivity index (χ0) is 24.7. The Morgan fingerprint density at radius 1 is 1.00 bits per heavy atom. The fraction of sp³-hybridized carbons (Fsp3) is 0.269. The summed E-state index contributed by atoms with van der Waals surface area (Å²) >= 11 is 0. The molecule has 3 amide bonds. The first-order chi connectivity index (χ1) is 16.7. The smallest absolute Gasteiger partial charge is 0.332 e. The molecular formula is C26H23F2N5O2. The van der Waals surface area contributed by atoms with Crippen molar-refractivity contribution < 1.29 is 18.4 Å². The van der Waals surface area contributed by atoms with Crippen molar-refractivity contribution in [1.29, 1.82) is 0 Å². The average molecular weight is 475 g/mol. The number of urea groups is 1. The second-order valence-corrected chi connectivity index (χ2v) is 9.04. The van der Waals surface area contributed by atoms with Crippen LogP contribution >= 0.6 is 0 Å². The summed E-state index contributed by atoms with van der Waals surface area (Å²) in [5.74, 6) is 2.90. The zero-order valence-electron chi connectivity index (χ0n) is 19.3. The molecule has 1 atom stereocenters. The molecule has 0 saturated carbocycles. The van der Waals surface area contributed by atoms with E-state index in [1.54, 1.807) is 23.0 Å². The van der Waals surface area contributed by atoms with Crippen LogP contribution < -0.4 is 9.80 Å². The largest absolute Gasteiger partial charge is 0.365 e. The number of carbonyl (C=O) groups is 2. The number of aromatic nitrogens is 2. The number of benzene rings is 2. The van der Waals surface area contributed by atoms with Crippen molar-refractivity contribution in [2.24, 2.45) is 7.05 Å². The molecule has 35 heavy (non-hydrogen) atoms. The zero-order valence-corrected chi connectivity index (χ0v) is 19.3. The van der Waals surface area contributed by atoms with Gasteiger partial charge in [0.1, 0.15) is 5.69 Å². The summed E-state index contributed by atoms with van der Waals surface area (Å²) in [5.41, 5.74) is 0.220. The molecule has 2 aromatic carbocycles. The maximum atomic E-state index is 15.1. The van der Waals surface area contributed by atoms with Gasteiger partial charge in [-0.15, -0.1) is 0 Å². The van der Waals surface area contributed by atoms with Gasteiger partial charge >= 0.3 is 6.03 Å². The van der Waals surface area contributed by atoms with Crippen LogP contribution in [0.1, 0.15) is 24.5 Å². The first-order valence-electron chi connectivity index (χ1n) is 11.2. The lowest BCUT2D eigenvalue weighted by molar-refractivity contribution is -0.122. The summed E-state index contributed by atoms with van der Waals surface area (Å²) in [5, 5.41) is 4.18. The van der Waals surface area contributed by atoms with Crippen molar-refractivity contribution in [2.75, 3.05) is 29.4 Å². The normalized spacial score (nSPS) is 19.9. The molecule has 9 heteroatoms. The highest BCUT2D eigenvalue weighted by atomic mass is 19.1. The van der Waals surface area contributed by atoms with Crippen LogP contribution in [0.15, 0.2) is 54.9 Å². The molecule has 0 N–H and O–H groups in total. The fourth-order valence-electron chi connectivity index (χ4n) is 4.71. The van der Waals surface area contributed by atoms with Gasteiger partial charge < -0.3 is 9.80 Å². The Bertz CT molecular complexity index is 1350. The third-order valence-electron chi connectivity index (χ3n) is 6.40. The van der Waals surface area contributed by atoms with E-state index in [4.69, 9.17) is 0 Å². The first kappa shape index (κ1) is 22.6. The summed E-state index contributed by atoms with van der Waals surface area (Å²) in [6, 6.07) is 10.4. The number of halogens is 2. The number of imide groups is 1. The Balaban J connectivity index is 1.41. The van der Waals surface area contributed by atoms with Crippen LogP contribution in [-0.4, -0.2) is 51.8 Å². The summed E-state index contributed by atoms with van der Waals surface area (Å²) in [7, 11) is 1.81. The lowest BCUT2D eigenvalue weighted by Crippen LogP contribution is -2.70. The van der Waals surface area contributed by atoms with Gasteiger partial charge in [-0.3, -0.25) is 9.48 Å². The number of amides is 3. The van der Waals surface area contributed by atoms with Gasteiger partial charge in [0.15, 0.2) is 11.6 Å². The minimum atomic E-state index is -1.01. The predicted molar refractivity (Wildman–Crippen MR) is 127 cm³/mol. The molecule has 0 spiro atoms. The molecule has 178 valence electrons. The maximum absolute atomic E-state index is 15.1. The van der Waals surface area contributed by atoms with Gasteiger partial charge in [-0.1, -0.05) is 30.0 Å². The minimum Gasteiger partial charge on any atom is -0.365 e. The van der Waals surface area contributed by atoms with Crippen molar-refractivity contribution in [3.05, 3.63) is 77.6 Å². The van der Waals surface area contributed by atoms with Crippen molar-refractivity contribution in [1.82, 2.24) is 14.7 Å². The Kier molecular flexibility index (Phi) is 5.52. The summed E-state index contributed by atoms with van der Waals surface area (Å²) < 4.78 is 31.8. The molecule has 2 aliphatic heterocycles. The van der Waals surface area contributed by atoms with Crippen LogP contribution in [0.25, 0.3) is 0 Å². The minimum absolute atomic E-state index is 0.0655. The lowest BCUT2D eigenvalue weighted by atomic mass is 9.89. The molecule has 7 nitrogen and oxygen atoms in total. The average Bonchev–Trinajstić information content (AvgIpc) is 3.25. The van der Waals surface area contributed by atoms with E-state index in [-0.39, 0.29) is 12.0 Å². The standard InChI is InChI=1S/C26H23F2N5O2/c1-26-14-23(34)33(25(35)32(26)11-10-31(17-26)20-15-29-30(2)16-20)24-21(27)12-19(13-22(24)28)9-8-18-6-4-3-5-7-18/h3-7,12-13,15-16H,10-11,14,17H2,1-2H3/t26-/m0/s1. The third kappa shape index (κ3) is 4.12. The van der Waals surface area contributed by atoms with E-state index in [2.05, 4.69) is 21.8 Å². The van der Waals surface area contributed by atoms with Crippen molar-refractivity contribution in [2.45, 2.75) is 18.9 Å². The first-order valence-corrected chi connectivity index (χ1v) is 11.2. The molecule has 3 heterocycles. The number of hydrogen-bond donors (Lipinski definition) is 0. The molecule has 0 aliphatic carbocycles. The topological polar surface area (TPSA) is 61.7 Å². The number of anilines is 2. The molecule has 2 aliphatic rings. The molecule has 2 fully saturated rings. The van der Waals surface area contributed by atoms with Crippen LogP contribution in [0.2, 0.25) is 0 Å². The molecular weight excluding hydrogens is 452 g/mol. The van der Waals surface area contributed by atoms with Crippen LogP contribution in [0.5, 0.6) is 0 Å². The number of fused-ring (bicyclic) bond motifs is 1. The van der Waals surface area contributed by atoms with Crippen molar-refractivity contribution >= 4 is 23.3 Å². The molecule has 3 aromatic rings. The summed E-state index contributed by atoms with van der Waals surface area (Å²) in [6.07, 6.45) is 3.53. The molecule has 0 radical (unpaired) electrons. The predicted octanol–water partition coefficient (Wildman–Crippen LogP) is 3.54. The third-order valence-corrected chi connectivity index (χ3v) is 6.40. The lowest BCUT2D eigenvalue weighted by Gasteiger charge is -2.53. The molecule has 1 aromatic heterocycles. The van der Waals surface area contributed by atoms with Gasteiger partial charge in [0.05, 0.1) is 23.8 Å². The van der Waals surface area contributed by atoms with Crippen LogP contribution in [0.3, 0.4) is 0 Å². The van der Waals surface area contributed by atoms with E-state index in [0.29, 0.717) is 30.1 Å². The van der Waals surface area contributed by atoms with Gasteiger partial charge in [0, 0.05) is 44.0 Å². The van der Waals surface area contributed by atoms with Gasteiger partial charge in [0.2, 0.25) is 5.91 Å². The summed E-state index contributed by atoms with van der Waals surface area (Å²) in [6.45, 7) is 3.03. The number of nitrogens with zero attached hydrogens (tertiary/aromatic N) is 5. The Hall–Kier alpha value is -4.19. The quantitative estimate of drug-likeness (QED) is 0.532. The van der Waals surface area contributed by atoms with Crippen LogP contribution in [0.4, 0.5) is 25.0 Å². The van der Waals surface area contributed by atoms with Crippen LogP contribution in [-0.2, 0) is 11.8 Å². The van der Waals surface area contributed by atoms with Crippen LogP contribution in [0, 0.1) is 23.5 Å². The van der Waals surface area contributed by atoms with Crippen molar-refractivity contribution in [3.63, 3.8) is 0 Å². The Morgan fingerprint density at radius 2 is 1.69 bits per heavy atom. The second kappa shape index (κ2) is 8.55. The second-order valence-electron chi connectivity index (χ2n) is 9.04. The van der Waals surface area contributed by atoms with Gasteiger partial charge in [-0.05, 0) is 31.2 Å².